The summed E-state index contributed by atoms with van der Waals surface area (Å²) in [5, 5.41) is 0. The predicted octanol–water partition coefficient (Wildman–Crippen LogP) is 3.89. The molecule has 0 fully saturated rings. The number of aryl methyl sites for hydroxylation is 1. The molecular weight excluding hydrogens is 304 g/mol. The van der Waals surface area contributed by atoms with Gasteiger partial charge in [-0.25, -0.2) is 8.42 Å². The molecule has 110 valence electrons. The fourth-order valence-electron chi connectivity index (χ4n) is 3.06. The summed E-state index contributed by atoms with van der Waals surface area (Å²) >= 11 is 6.19. The van der Waals surface area contributed by atoms with Crippen LogP contribution < -0.4 is 0 Å². The molecule has 3 rings (SSSR count). The van der Waals surface area contributed by atoms with Gasteiger partial charge in [-0.2, -0.15) is 0 Å². The van der Waals surface area contributed by atoms with Crippen LogP contribution in [0.5, 0.6) is 0 Å². The number of hydrogen-bond acceptors (Lipinski definition) is 2. The summed E-state index contributed by atoms with van der Waals surface area (Å²) in [4.78, 5) is 0.470. The van der Waals surface area contributed by atoms with Crippen LogP contribution in [0, 0.1) is 6.92 Å². The lowest BCUT2D eigenvalue weighted by molar-refractivity contribution is 0.588. The molecule has 21 heavy (non-hydrogen) atoms. The highest BCUT2D eigenvalue weighted by Crippen LogP contribution is 2.43. The molecule has 4 heteroatoms. The van der Waals surface area contributed by atoms with E-state index in [1.807, 2.05) is 31.2 Å². The highest BCUT2D eigenvalue weighted by atomic mass is 35.5. The molecule has 0 radical (unpaired) electrons. The van der Waals surface area contributed by atoms with E-state index >= 15 is 0 Å². The first-order valence-corrected chi connectivity index (χ1v) is 9.16. The quantitative estimate of drug-likeness (QED) is 0.804. The van der Waals surface area contributed by atoms with Crippen LogP contribution in [0.25, 0.3) is 0 Å². The van der Waals surface area contributed by atoms with Crippen LogP contribution in [-0.4, -0.2) is 20.1 Å². The Morgan fingerprint density at radius 1 is 1.14 bits per heavy atom. The molecule has 2 aromatic rings. The highest BCUT2D eigenvalue weighted by molar-refractivity contribution is 7.91. The third-order valence-electron chi connectivity index (χ3n) is 4.21. The minimum atomic E-state index is -3.18. The minimum absolute atomic E-state index is 0.0192. The summed E-state index contributed by atoms with van der Waals surface area (Å²) in [6, 6.07) is 15.5. The van der Waals surface area contributed by atoms with Crippen LogP contribution in [0.4, 0.5) is 0 Å². The maximum atomic E-state index is 12.3. The van der Waals surface area contributed by atoms with Gasteiger partial charge in [0.25, 0.3) is 0 Å². The molecule has 0 bridgehead atoms. The van der Waals surface area contributed by atoms with Crippen LogP contribution in [0.15, 0.2) is 53.4 Å². The van der Waals surface area contributed by atoms with E-state index in [0.29, 0.717) is 10.8 Å². The van der Waals surface area contributed by atoms with Gasteiger partial charge < -0.3 is 0 Å². The summed E-state index contributed by atoms with van der Waals surface area (Å²) in [6.45, 7) is 2.04. The molecule has 0 N–H and O–H groups in total. The second-order valence-electron chi connectivity index (χ2n) is 5.60. The monoisotopic (exact) mass is 320 g/mol. The zero-order valence-electron chi connectivity index (χ0n) is 11.8. The van der Waals surface area contributed by atoms with E-state index in [1.165, 1.54) is 5.56 Å². The molecule has 1 heterocycles. The average molecular weight is 321 g/mol. The van der Waals surface area contributed by atoms with Crippen LogP contribution in [0.3, 0.4) is 0 Å². The number of alkyl halides is 1. The number of hydrogen-bond donors (Lipinski definition) is 0. The van der Waals surface area contributed by atoms with Crippen LogP contribution in [0.1, 0.15) is 28.5 Å². The van der Waals surface area contributed by atoms with Crippen molar-refractivity contribution in [1.29, 1.82) is 0 Å². The largest absolute Gasteiger partial charge is 0.224 e. The number of rotatable bonds is 3. The van der Waals surface area contributed by atoms with Crippen molar-refractivity contribution >= 4 is 21.4 Å². The van der Waals surface area contributed by atoms with Gasteiger partial charge in [0.2, 0.25) is 0 Å². The van der Waals surface area contributed by atoms with Gasteiger partial charge in [0, 0.05) is 17.7 Å². The van der Waals surface area contributed by atoms with Crippen LogP contribution >= 0.6 is 11.6 Å². The lowest BCUT2D eigenvalue weighted by Gasteiger charge is -2.22. The van der Waals surface area contributed by atoms with E-state index in [4.69, 9.17) is 11.6 Å². The maximum Gasteiger partial charge on any atom is 0.179 e. The Balaban J connectivity index is 2.05. The maximum absolute atomic E-state index is 12.3. The van der Waals surface area contributed by atoms with Crippen molar-refractivity contribution in [3.05, 3.63) is 65.2 Å². The molecule has 2 aromatic carbocycles. The lowest BCUT2D eigenvalue weighted by Crippen LogP contribution is -2.15. The molecule has 0 saturated carbocycles. The molecule has 2 unspecified atom stereocenters. The van der Waals surface area contributed by atoms with Crippen LogP contribution in [0.2, 0.25) is 0 Å². The van der Waals surface area contributed by atoms with E-state index in [1.54, 1.807) is 12.1 Å². The SMILES string of the molecule is Cc1ccc(C(CCl)C2CS(=O)(=O)c3ccccc32)cc1. The van der Waals surface area contributed by atoms with Gasteiger partial charge in [-0.05, 0) is 24.1 Å². The second-order valence-corrected chi connectivity index (χ2v) is 7.91. The van der Waals surface area contributed by atoms with Gasteiger partial charge in [0.05, 0.1) is 10.6 Å². The summed E-state index contributed by atoms with van der Waals surface area (Å²) < 4.78 is 24.7. The molecule has 2 nitrogen and oxygen atoms in total. The topological polar surface area (TPSA) is 34.1 Å². The second kappa shape index (κ2) is 5.47. The summed E-state index contributed by atoms with van der Waals surface area (Å²) in [7, 11) is -3.18. The fraction of sp³-hybridized carbons (Fsp3) is 0.294. The molecule has 0 amide bonds. The standard InChI is InChI=1S/C17H17ClO2S/c1-12-6-8-13(9-7-12)15(10-18)16-11-21(19,20)17-5-3-2-4-14(16)17/h2-9,15-16H,10-11H2,1H3. The smallest absolute Gasteiger partial charge is 0.179 e. The Hall–Kier alpha value is -1.32. The first-order valence-electron chi connectivity index (χ1n) is 6.97. The van der Waals surface area contributed by atoms with Gasteiger partial charge in [-0.3, -0.25) is 0 Å². The van der Waals surface area contributed by atoms with Gasteiger partial charge in [-0.15, -0.1) is 11.6 Å². The molecule has 2 atom stereocenters. The minimum Gasteiger partial charge on any atom is -0.224 e. The van der Waals surface area contributed by atoms with Crippen molar-refractivity contribution in [2.75, 3.05) is 11.6 Å². The van der Waals surface area contributed by atoms with Crippen molar-refractivity contribution in [1.82, 2.24) is 0 Å². The third-order valence-corrected chi connectivity index (χ3v) is 6.38. The highest BCUT2D eigenvalue weighted by Gasteiger charge is 2.38. The summed E-state index contributed by atoms with van der Waals surface area (Å²) in [5.41, 5.74) is 3.20. The molecule has 0 aliphatic carbocycles. The van der Waals surface area contributed by atoms with Gasteiger partial charge >= 0.3 is 0 Å². The zero-order valence-corrected chi connectivity index (χ0v) is 13.4. The molecule has 0 spiro atoms. The number of benzene rings is 2. The first-order chi connectivity index (χ1) is 10.0. The van der Waals surface area contributed by atoms with Crippen molar-refractivity contribution in [3.63, 3.8) is 0 Å². The van der Waals surface area contributed by atoms with Crippen molar-refractivity contribution < 1.29 is 8.42 Å². The van der Waals surface area contributed by atoms with Gasteiger partial charge in [0.1, 0.15) is 0 Å². The van der Waals surface area contributed by atoms with Crippen molar-refractivity contribution in [3.8, 4) is 0 Å². The Labute approximate surface area is 130 Å². The van der Waals surface area contributed by atoms with Crippen molar-refractivity contribution in [2.24, 2.45) is 0 Å². The van der Waals surface area contributed by atoms with Gasteiger partial charge in [0.15, 0.2) is 9.84 Å². The summed E-state index contributed by atoms with van der Waals surface area (Å²) in [6.07, 6.45) is 0. The van der Waals surface area contributed by atoms with Gasteiger partial charge in [-0.1, -0.05) is 48.0 Å². The molecular formula is C17H17ClO2S. The first kappa shape index (κ1) is 14.6. The predicted molar refractivity (Wildman–Crippen MR) is 85.9 cm³/mol. The average Bonchev–Trinajstić information content (AvgIpc) is 2.74. The van der Waals surface area contributed by atoms with E-state index in [-0.39, 0.29) is 17.6 Å². The Morgan fingerprint density at radius 2 is 1.81 bits per heavy atom. The number of halogens is 1. The Bertz CT molecular complexity index is 751. The number of fused-ring (bicyclic) bond motifs is 1. The van der Waals surface area contributed by atoms with E-state index in [0.717, 1.165) is 11.1 Å². The Morgan fingerprint density at radius 3 is 2.48 bits per heavy atom. The van der Waals surface area contributed by atoms with E-state index < -0.39 is 9.84 Å². The number of sulfone groups is 1. The summed E-state index contributed by atoms with van der Waals surface area (Å²) in [5.74, 6) is 0.520. The molecule has 0 aromatic heterocycles. The third kappa shape index (κ3) is 2.60. The zero-order chi connectivity index (χ0) is 15.0. The van der Waals surface area contributed by atoms with Crippen LogP contribution in [-0.2, 0) is 9.84 Å². The molecule has 1 aliphatic rings. The van der Waals surface area contributed by atoms with Crippen molar-refractivity contribution in [2.45, 2.75) is 23.7 Å². The fourth-order valence-corrected chi connectivity index (χ4v) is 5.38. The van der Waals surface area contributed by atoms with E-state index in [9.17, 15) is 8.42 Å². The lowest BCUT2D eigenvalue weighted by atomic mass is 9.84. The normalized spacial score (nSPS) is 21.0. The van der Waals surface area contributed by atoms with E-state index in [2.05, 4.69) is 12.1 Å². The molecule has 0 saturated heterocycles. The Kier molecular flexibility index (Phi) is 3.80. The molecule has 1 aliphatic heterocycles.